The third kappa shape index (κ3) is 2.84. The van der Waals surface area contributed by atoms with E-state index in [4.69, 9.17) is 5.73 Å². The number of hydrogen-bond acceptors (Lipinski definition) is 1. The van der Waals surface area contributed by atoms with E-state index in [1.807, 2.05) is 12.1 Å². The fourth-order valence-electron chi connectivity index (χ4n) is 2.31. The molecule has 2 N–H and O–H groups in total. The Morgan fingerprint density at radius 1 is 0.895 bits per heavy atom. The first kappa shape index (κ1) is 12.0. The first-order valence-corrected chi connectivity index (χ1v) is 6.77. The summed E-state index contributed by atoms with van der Waals surface area (Å²) in [6.07, 6.45) is 2.36. The van der Waals surface area contributed by atoms with Gasteiger partial charge in [-0.3, -0.25) is 4.99 Å². The molecule has 0 spiro atoms. The molecular formula is C17H18N2. The summed E-state index contributed by atoms with van der Waals surface area (Å²) in [6, 6.07) is 21.2. The van der Waals surface area contributed by atoms with Crippen LogP contribution in [0, 0.1) is 0 Å². The van der Waals surface area contributed by atoms with Gasteiger partial charge in [-0.2, -0.15) is 0 Å². The lowest BCUT2D eigenvalue weighted by Crippen LogP contribution is -2.23. The average Bonchev–Trinajstić information content (AvgIpc) is 3.25. The third-order valence-electron chi connectivity index (χ3n) is 3.44. The SMILES string of the molecule is NC(=NC1CC1)C(c1ccccc1)c1ccccc1. The molecule has 0 radical (unpaired) electrons. The van der Waals surface area contributed by atoms with E-state index in [1.165, 1.54) is 24.0 Å². The highest BCUT2D eigenvalue weighted by Crippen LogP contribution is 2.28. The molecule has 0 atom stereocenters. The second-order valence-corrected chi connectivity index (χ2v) is 5.04. The van der Waals surface area contributed by atoms with Gasteiger partial charge in [0.2, 0.25) is 0 Å². The Labute approximate surface area is 114 Å². The minimum Gasteiger partial charge on any atom is -0.387 e. The Balaban J connectivity index is 2.00. The van der Waals surface area contributed by atoms with Crippen LogP contribution in [0.4, 0.5) is 0 Å². The van der Waals surface area contributed by atoms with Crippen LogP contribution in [0.25, 0.3) is 0 Å². The van der Waals surface area contributed by atoms with Crippen LogP contribution >= 0.6 is 0 Å². The Hall–Kier alpha value is -2.09. The van der Waals surface area contributed by atoms with Crippen LogP contribution in [0.1, 0.15) is 29.9 Å². The molecule has 0 unspecified atom stereocenters. The number of nitrogens with two attached hydrogens (primary N) is 1. The van der Waals surface area contributed by atoms with E-state index in [9.17, 15) is 0 Å². The van der Waals surface area contributed by atoms with Gasteiger partial charge in [-0.25, -0.2) is 0 Å². The monoisotopic (exact) mass is 250 g/mol. The van der Waals surface area contributed by atoms with Crippen molar-refractivity contribution in [1.82, 2.24) is 0 Å². The van der Waals surface area contributed by atoms with Gasteiger partial charge < -0.3 is 5.73 Å². The van der Waals surface area contributed by atoms with Gasteiger partial charge in [0.05, 0.1) is 12.0 Å². The molecule has 0 bridgehead atoms. The molecule has 19 heavy (non-hydrogen) atoms. The minimum absolute atomic E-state index is 0.0722. The molecule has 96 valence electrons. The van der Waals surface area contributed by atoms with Crippen molar-refractivity contribution in [3.63, 3.8) is 0 Å². The van der Waals surface area contributed by atoms with E-state index >= 15 is 0 Å². The molecular weight excluding hydrogens is 232 g/mol. The summed E-state index contributed by atoms with van der Waals surface area (Å²) >= 11 is 0. The topological polar surface area (TPSA) is 38.4 Å². The number of nitrogens with zero attached hydrogens (tertiary/aromatic N) is 1. The second-order valence-electron chi connectivity index (χ2n) is 5.04. The summed E-state index contributed by atoms with van der Waals surface area (Å²) in [4.78, 5) is 4.64. The first-order valence-electron chi connectivity index (χ1n) is 6.77. The van der Waals surface area contributed by atoms with E-state index < -0.39 is 0 Å². The van der Waals surface area contributed by atoms with E-state index in [0.717, 1.165) is 5.84 Å². The molecule has 0 saturated heterocycles. The molecule has 3 rings (SSSR count). The number of amidine groups is 1. The summed E-state index contributed by atoms with van der Waals surface area (Å²) in [5.74, 6) is 0.808. The maximum atomic E-state index is 6.27. The normalized spacial score (nSPS) is 15.7. The quantitative estimate of drug-likeness (QED) is 0.656. The van der Waals surface area contributed by atoms with Gasteiger partial charge in [0.15, 0.2) is 0 Å². The van der Waals surface area contributed by atoms with Crippen LogP contribution in [-0.4, -0.2) is 11.9 Å². The molecule has 0 amide bonds. The van der Waals surface area contributed by atoms with Gasteiger partial charge in [-0.05, 0) is 24.0 Å². The average molecular weight is 250 g/mol. The van der Waals surface area contributed by atoms with Crippen molar-refractivity contribution in [3.05, 3.63) is 71.8 Å². The van der Waals surface area contributed by atoms with Crippen LogP contribution in [0.2, 0.25) is 0 Å². The number of benzene rings is 2. The zero-order chi connectivity index (χ0) is 13.1. The predicted octanol–water partition coefficient (Wildman–Crippen LogP) is 3.34. The third-order valence-corrected chi connectivity index (χ3v) is 3.44. The van der Waals surface area contributed by atoms with Crippen molar-refractivity contribution in [1.29, 1.82) is 0 Å². The lowest BCUT2D eigenvalue weighted by atomic mass is 9.90. The van der Waals surface area contributed by atoms with Crippen molar-refractivity contribution >= 4 is 5.84 Å². The van der Waals surface area contributed by atoms with Gasteiger partial charge in [0, 0.05) is 0 Å². The first-order chi connectivity index (χ1) is 9.34. The summed E-state index contributed by atoms with van der Waals surface area (Å²) in [7, 11) is 0. The lowest BCUT2D eigenvalue weighted by Gasteiger charge is -2.17. The Kier molecular flexibility index (Phi) is 3.32. The highest BCUT2D eigenvalue weighted by molar-refractivity contribution is 5.90. The highest BCUT2D eigenvalue weighted by Gasteiger charge is 2.24. The van der Waals surface area contributed by atoms with Crippen LogP contribution in [0.15, 0.2) is 65.7 Å². The summed E-state index contributed by atoms with van der Waals surface area (Å²) < 4.78 is 0. The van der Waals surface area contributed by atoms with Gasteiger partial charge in [-0.1, -0.05) is 60.7 Å². The lowest BCUT2D eigenvalue weighted by molar-refractivity contribution is 0.989. The molecule has 1 saturated carbocycles. The summed E-state index contributed by atoms with van der Waals surface area (Å²) in [5, 5.41) is 0. The molecule has 0 aromatic heterocycles. The molecule has 2 nitrogen and oxygen atoms in total. The number of rotatable bonds is 4. The van der Waals surface area contributed by atoms with E-state index in [2.05, 4.69) is 53.5 Å². The van der Waals surface area contributed by atoms with Crippen molar-refractivity contribution in [3.8, 4) is 0 Å². The molecule has 0 heterocycles. The predicted molar refractivity (Wildman–Crippen MR) is 79.4 cm³/mol. The van der Waals surface area contributed by atoms with Crippen LogP contribution in [0.3, 0.4) is 0 Å². The highest BCUT2D eigenvalue weighted by atomic mass is 14.9. The maximum absolute atomic E-state index is 6.27. The molecule has 2 aromatic carbocycles. The Bertz CT molecular complexity index is 517. The van der Waals surface area contributed by atoms with Crippen molar-refractivity contribution < 1.29 is 0 Å². The van der Waals surface area contributed by atoms with E-state index in [1.54, 1.807) is 0 Å². The zero-order valence-electron chi connectivity index (χ0n) is 10.9. The fourth-order valence-corrected chi connectivity index (χ4v) is 2.31. The van der Waals surface area contributed by atoms with Crippen LogP contribution in [0.5, 0.6) is 0 Å². The molecule has 1 aliphatic carbocycles. The van der Waals surface area contributed by atoms with Crippen molar-refractivity contribution in [2.75, 3.05) is 0 Å². The smallest absolute Gasteiger partial charge is 0.106 e. The molecule has 0 aliphatic heterocycles. The maximum Gasteiger partial charge on any atom is 0.106 e. The van der Waals surface area contributed by atoms with Gasteiger partial charge in [0.25, 0.3) is 0 Å². The standard InChI is InChI=1S/C17H18N2/c18-17(19-15-11-12-15)16(13-7-3-1-4-8-13)14-9-5-2-6-10-14/h1-10,15-16H,11-12H2,(H2,18,19). The summed E-state index contributed by atoms with van der Waals surface area (Å²) in [5.41, 5.74) is 8.68. The number of aliphatic imine (C=N–C) groups is 1. The van der Waals surface area contributed by atoms with E-state index in [-0.39, 0.29) is 5.92 Å². The van der Waals surface area contributed by atoms with Crippen molar-refractivity contribution in [2.45, 2.75) is 24.8 Å². The van der Waals surface area contributed by atoms with Gasteiger partial charge in [0.1, 0.15) is 5.84 Å². The Morgan fingerprint density at radius 2 is 1.37 bits per heavy atom. The number of hydrogen-bond donors (Lipinski definition) is 1. The fraction of sp³-hybridized carbons (Fsp3) is 0.235. The van der Waals surface area contributed by atoms with Gasteiger partial charge >= 0.3 is 0 Å². The van der Waals surface area contributed by atoms with E-state index in [0.29, 0.717) is 6.04 Å². The Morgan fingerprint density at radius 3 is 1.79 bits per heavy atom. The molecule has 2 aromatic rings. The van der Waals surface area contributed by atoms with Crippen LogP contribution in [-0.2, 0) is 0 Å². The van der Waals surface area contributed by atoms with Gasteiger partial charge in [-0.15, -0.1) is 0 Å². The van der Waals surface area contributed by atoms with Crippen molar-refractivity contribution in [2.24, 2.45) is 10.7 Å². The zero-order valence-corrected chi connectivity index (χ0v) is 10.9. The molecule has 1 fully saturated rings. The minimum atomic E-state index is 0.0722. The molecule has 1 aliphatic rings. The van der Waals surface area contributed by atoms with Crippen LogP contribution < -0.4 is 5.73 Å². The largest absolute Gasteiger partial charge is 0.387 e. The second kappa shape index (κ2) is 5.27. The summed E-state index contributed by atoms with van der Waals surface area (Å²) in [6.45, 7) is 0. The molecule has 2 heteroatoms.